The number of rotatable bonds is 3. The fourth-order valence-electron chi connectivity index (χ4n) is 2.25. The molecule has 0 atom stereocenters. The maximum atomic E-state index is 12.6. The van der Waals surface area contributed by atoms with Crippen molar-refractivity contribution in [3.63, 3.8) is 0 Å². The predicted molar refractivity (Wildman–Crippen MR) is 77.2 cm³/mol. The number of hydrogen-bond donors (Lipinski definition) is 1. The van der Waals surface area contributed by atoms with Gasteiger partial charge < -0.3 is 5.11 Å². The number of hydrogen-bond acceptors (Lipinski definition) is 3. The van der Waals surface area contributed by atoms with Gasteiger partial charge in [0.05, 0.1) is 11.5 Å². The summed E-state index contributed by atoms with van der Waals surface area (Å²) in [5.74, 6) is 0. The summed E-state index contributed by atoms with van der Waals surface area (Å²) in [5, 5.41) is 9.14. The minimum atomic E-state index is -3.50. The quantitative estimate of drug-likeness (QED) is 0.912. The van der Waals surface area contributed by atoms with Crippen molar-refractivity contribution in [2.45, 2.75) is 31.8 Å². The van der Waals surface area contributed by atoms with Crippen molar-refractivity contribution in [1.29, 1.82) is 0 Å². The van der Waals surface area contributed by atoms with E-state index in [-0.39, 0.29) is 16.9 Å². The third-order valence-corrected chi connectivity index (χ3v) is 6.28. The molecule has 1 fully saturated rings. The topological polar surface area (TPSA) is 57.6 Å². The maximum Gasteiger partial charge on any atom is 0.244 e. The maximum absolute atomic E-state index is 12.6. The highest BCUT2D eigenvalue weighted by Crippen LogP contribution is 2.34. The zero-order valence-electron chi connectivity index (χ0n) is 11.1. The first-order valence-corrected chi connectivity index (χ1v) is 8.39. The fraction of sp³-hybridized carbons (Fsp3) is 0.538. The molecule has 0 amide bonds. The Morgan fingerprint density at radius 2 is 2.11 bits per heavy atom. The molecule has 19 heavy (non-hydrogen) atoms. The highest BCUT2D eigenvalue weighted by molar-refractivity contribution is 9.10. The Bertz CT molecular complexity index is 584. The third kappa shape index (κ3) is 3.02. The van der Waals surface area contributed by atoms with Crippen molar-refractivity contribution in [3.8, 4) is 0 Å². The molecule has 1 aromatic rings. The Hall–Kier alpha value is -0.430. The first kappa shape index (κ1) is 15.0. The van der Waals surface area contributed by atoms with Gasteiger partial charge in [-0.15, -0.1) is 0 Å². The Morgan fingerprint density at radius 1 is 1.42 bits per heavy atom. The van der Waals surface area contributed by atoms with Gasteiger partial charge >= 0.3 is 0 Å². The van der Waals surface area contributed by atoms with Crippen LogP contribution in [-0.4, -0.2) is 30.9 Å². The molecule has 1 N–H and O–H groups in total. The molecule has 1 saturated heterocycles. The molecule has 4 nitrogen and oxygen atoms in total. The summed E-state index contributed by atoms with van der Waals surface area (Å²) in [6.07, 6.45) is 0.865. The lowest BCUT2D eigenvalue weighted by atomic mass is 9.93. The molecule has 0 unspecified atom stereocenters. The highest BCUT2D eigenvalue weighted by atomic mass is 79.9. The summed E-state index contributed by atoms with van der Waals surface area (Å²) in [4.78, 5) is 0.233. The normalized spacial score (nSPS) is 19.8. The zero-order valence-corrected chi connectivity index (χ0v) is 13.5. The van der Waals surface area contributed by atoms with Crippen molar-refractivity contribution < 1.29 is 13.5 Å². The van der Waals surface area contributed by atoms with Gasteiger partial charge in [-0.1, -0.05) is 19.9 Å². The standard InChI is InChI=1S/C13H18BrNO3S/c1-13(2)5-6-15(9-13)19(17,18)12-7-10(8-16)3-4-11(12)14/h3-4,7,16H,5-6,8-9H2,1-2H3. The van der Waals surface area contributed by atoms with Gasteiger partial charge in [0.15, 0.2) is 0 Å². The molecule has 1 heterocycles. The van der Waals surface area contributed by atoms with Crippen LogP contribution in [-0.2, 0) is 16.6 Å². The van der Waals surface area contributed by atoms with Crippen molar-refractivity contribution in [2.75, 3.05) is 13.1 Å². The molecular formula is C13H18BrNO3S. The summed E-state index contributed by atoms with van der Waals surface area (Å²) >= 11 is 3.28. The number of nitrogens with zero attached hydrogens (tertiary/aromatic N) is 1. The minimum Gasteiger partial charge on any atom is -0.392 e. The van der Waals surface area contributed by atoms with Crippen LogP contribution in [0.2, 0.25) is 0 Å². The fourth-order valence-corrected chi connectivity index (χ4v) is 4.86. The van der Waals surface area contributed by atoms with Gasteiger partial charge in [-0.05, 0) is 45.5 Å². The number of sulfonamides is 1. The van der Waals surface area contributed by atoms with Gasteiger partial charge in [0.1, 0.15) is 0 Å². The SMILES string of the molecule is CC1(C)CCN(S(=O)(=O)c2cc(CO)ccc2Br)C1. The van der Waals surface area contributed by atoms with Gasteiger partial charge in [-0.25, -0.2) is 8.42 Å². The van der Waals surface area contributed by atoms with E-state index < -0.39 is 10.0 Å². The molecule has 1 aliphatic rings. The molecule has 0 spiro atoms. The number of benzene rings is 1. The van der Waals surface area contributed by atoms with Gasteiger partial charge in [0.2, 0.25) is 10.0 Å². The van der Waals surface area contributed by atoms with Crippen LogP contribution in [0.15, 0.2) is 27.6 Å². The Balaban J connectivity index is 2.40. The van der Waals surface area contributed by atoms with Crippen molar-refractivity contribution >= 4 is 26.0 Å². The second kappa shape index (κ2) is 5.16. The third-order valence-electron chi connectivity index (χ3n) is 3.44. The Morgan fingerprint density at radius 3 is 2.63 bits per heavy atom. The molecule has 1 aromatic carbocycles. The predicted octanol–water partition coefficient (Wildman–Crippen LogP) is 2.36. The van der Waals surface area contributed by atoms with E-state index in [1.807, 2.05) is 0 Å². The van der Waals surface area contributed by atoms with Crippen LogP contribution in [0.25, 0.3) is 0 Å². The zero-order chi connectivity index (χ0) is 14.3. The van der Waals surface area contributed by atoms with Crippen molar-refractivity contribution in [1.82, 2.24) is 4.31 Å². The van der Waals surface area contributed by atoms with Crippen LogP contribution >= 0.6 is 15.9 Å². The largest absolute Gasteiger partial charge is 0.392 e. The molecule has 0 radical (unpaired) electrons. The second-order valence-electron chi connectivity index (χ2n) is 5.68. The first-order valence-electron chi connectivity index (χ1n) is 6.16. The van der Waals surface area contributed by atoms with E-state index >= 15 is 0 Å². The van der Waals surface area contributed by atoms with E-state index in [1.54, 1.807) is 12.1 Å². The average Bonchev–Trinajstić information content (AvgIpc) is 2.71. The minimum absolute atomic E-state index is 0.0220. The molecular weight excluding hydrogens is 330 g/mol. The number of halogens is 1. The van der Waals surface area contributed by atoms with E-state index in [4.69, 9.17) is 5.11 Å². The molecule has 6 heteroatoms. The van der Waals surface area contributed by atoms with Crippen LogP contribution in [0, 0.1) is 5.41 Å². The van der Waals surface area contributed by atoms with Gasteiger partial charge in [0, 0.05) is 17.6 Å². The smallest absolute Gasteiger partial charge is 0.244 e. The molecule has 106 valence electrons. The van der Waals surface area contributed by atoms with Crippen LogP contribution in [0.1, 0.15) is 25.8 Å². The van der Waals surface area contributed by atoms with Crippen LogP contribution < -0.4 is 0 Å². The van der Waals surface area contributed by atoms with Crippen molar-refractivity contribution in [2.24, 2.45) is 5.41 Å². The number of aliphatic hydroxyl groups is 1. The Labute approximate surface area is 122 Å². The molecule has 0 bridgehead atoms. The van der Waals surface area contributed by atoms with E-state index in [9.17, 15) is 8.42 Å². The molecule has 0 aliphatic carbocycles. The Kier molecular flexibility index (Phi) is 4.07. The summed E-state index contributed by atoms with van der Waals surface area (Å²) in [6, 6.07) is 4.90. The molecule has 0 saturated carbocycles. The van der Waals surface area contributed by atoms with Gasteiger partial charge in [0.25, 0.3) is 0 Å². The highest BCUT2D eigenvalue weighted by Gasteiger charge is 2.37. The van der Waals surface area contributed by atoms with Crippen LogP contribution in [0.3, 0.4) is 0 Å². The van der Waals surface area contributed by atoms with Crippen LogP contribution in [0.4, 0.5) is 0 Å². The first-order chi connectivity index (χ1) is 8.76. The monoisotopic (exact) mass is 347 g/mol. The van der Waals surface area contributed by atoms with Crippen LogP contribution in [0.5, 0.6) is 0 Å². The molecule has 1 aliphatic heterocycles. The summed E-state index contributed by atoms with van der Waals surface area (Å²) < 4.78 is 27.3. The van der Waals surface area contributed by atoms with Gasteiger partial charge in [-0.2, -0.15) is 4.31 Å². The average molecular weight is 348 g/mol. The van der Waals surface area contributed by atoms with E-state index in [0.717, 1.165) is 6.42 Å². The van der Waals surface area contributed by atoms with E-state index in [1.165, 1.54) is 10.4 Å². The van der Waals surface area contributed by atoms with E-state index in [2.05, 4.69) is 29.8 Å². The lowest BCUT2D eigenvalue weighted by Gasteiger charge is -2.20. The molecule has 2 rings (SSSR count). The summed E-state index contributed by atoms with van der Waals surface area (Å²) in [5.41, 5.74) is 0.619. The van der Waals surface area contributed by atoms with E-state index in [0.29, 0.717) is 23.1 Å². The summed E-state index contributed by atoms with van der Waals surface area (Å²) in [6.45, 7) is 5.06. The molecule has 0 aromatic heterocycles. The van der Waals surface area contributed by atoms with Crippen molar-refractivity contribution in [3.05, 3.63) is 28.2 Å². The van der Waals surface area contributed by atoms with Gasteiger partial charge in [-0.3, -0.25) is 0 Å². The second-order valence-corrected chi connectivity index (χ2v) is 8.44. The number of aliphatic hydroxyl groups excluding tert-OH is 1. The lowest BCUT2D eigenvalue weighted by molar-refractivity contribution is 0.281. The summed E-state index contributed by atoms with van der Waals surface area (Å²) in [7, 11) is -3.50. The lowest BCUT2D eigenvalue weighted by Crippen LogP contribution is -2.30.